The average molecular weight is 819 g/mol. The van der Waals surface area contributed by atoms with Gasteiger partial charge in [0.15, 0.2) is 0 Å². The number of benzene rings is 10. The van der Waals surface area contributed by atoms with Crippen molar-refractivity contribution in [2.45, 2.75) is 6.92 Å². The molecule has 302 valence electrons. The lowest BCUT2D eigenvalue weighted by molar-refractivity contribution is 0.670. The minimum atomic E-state index is 0.858. The highest BCUT2D eigenvalue weighted by molar-refractivity contribution is 6.14. The van der Waals surface area contributed by atoms with Crippen molar-refractivity contribution in [2.75, 3.05) is 4.90 Å². The highest BCUT2D eigenvalue weighted by Gasteiger charge is 2.25. The Labute approximate surface area is 372 Å². The Balaban J connectivity index is 1.17. The molecule has 64 heavy (non-hydrogen) atoms. The highest BCUT2D eigenvalue weighted by atomic mass is 16.3. The van der Waals surface area contributed by atoms with Crippen molar-refractivity contribution in [3.8, 4) is 50.2 Å². The number of aromatic nitrogens is 1. The van der Waals surface area contributed by atoms with E-state index < -0.39 is 0 Å². The van der Waals surface area contributed by atoms with E-state index in [1.165, 1.54) is 27.5 Å². The lowest BCUT2D eigenvalue weighted by Gasteiger charge is -2.30. The maximum Gasteiger partial charge on any atom is 0.143 e. The molecule has 0 unspecified atom stereocenters. The summed E-state index contributed by atoms with van der Waals surface area (Å²) in [5.41, 5.74) is 18.6. The van der Waals surface area contributed by atoms with E-state index in [0.29, 0.717) is 0 Å². The lowest BCUT2D eigenvalue weighted by Crippen LogP contribution is -2.13. The second-order valence-electron chi connectivity index (χ2n) is 16.5. The molecule has 0 aliphatic heterocycles. The Kier molecular flexibility index (Phi) is 9.05. The molecule has 12 aromatic rings. The number of furan rings is 1. The molecule has 0 fully saturated rings. The highest BCUT2D eigenvalue weighted by Crippen LogP contribution is 2.49. The van der Waals surface area contributed by atoms with Gasteiger partial charge in [-0.15, -0.1) is 0 Å². The predicted octanol–water partition coefficient (Wildman–Crippen LogP) is 17.1. The topological polar surface area (TPSA) is 21.3 Å². The van der Waals surface area contributed by atoms with Gasteiger partial charge in [0, 0.05) is 49.6 Å². The van der Waals surface area contributed by atoms with Gasteiger partial charge in [0.05, 0.1) is 22.4 Å². The molecule has 0 N–H and O–H groups in total. The fraction of sp³-hybridized carbons (Fsp3) is 0.0164. The average Bonchev–Trinajstić information content (AvgIpc) is 3.91. The van der Waals surface area contributed by atoms with Crippen LogP contribution in [0.1, 0.15) is 5.56 Å². The van der Waals surface area contributed by atoms with Crippen LogP contribution in [-0.2, 0) is 0 Å². The van der Waals surface area contributed by atoms with Crippen LogP contribution in [0.5, 0.6) is 0 Å². The van der Waals surface area contributed by atoms with Gasteiger partial charge in [-0.1, -0.05) is 176 Å². The standard InChI is InChI=1S/C61H42N2O/c1-41-37-45(42-19-5-2-6-20-42)33-35-55(41)62(59-36-34-46(43-21-7-3-8-22-43)38-52(59)44-23-9-4-10-24-44)47-39-53(61-54(40-47)51-28-14-18-32-60(51)64-61)50-27-13-17-31-58(50)63-56-29-15-11-25-48(56)49-26-12-16-30-57(49)63/h2-40H,1H3. The Morgan fingerprint density at radius 3 is 1.55 bits per heavy atom. The molecule has 0 spiro atoms. The van der Waals surface area contributed by atoms with Crippen molar-refractivity contribution >= 4 is 60.8 Å². The molecule has 3 heteroatoms. The zero-order valence-corrected chi connectivity index (χ0v) is 35.3. The Morgan fingerprint density at radius 1 is 0.359 bits per heavy atom. The van der Waals surface area contributed by atoms with Gasteiger partial charge in [-0.3, -0.25) is 0 Å². The van der Waals surface area contributed by atoms with E-state index in [2.05, 4.69) is 253 Å². The summed E-state index contributed by atoms with van der Waals surface area (Å²) in [4.78, 5) is 2.47. The van der Waals surface area contributed by atoms with Crippen LogP contribution in [0.3, 0.4) is 0 Å². The molecular weight excluding hydrogens is 777 g/mol. The molecular formula is C61H42N2O. The quantitative estimate of drug-likeness (QED) is 0.152. The van der Waals surface area contributed by atoms with Gasteiger partial charge in [0.1, 0.15) is 11.2 Å². The summed E-state index contributed by atoms with van der Waals surface area (Å²) >= 11 is 0. The van der Waals surface area contributed by atoms with Crippen molar-refractivity contribution in [2.24, 2.45) is 0 Å². The van der Waals surface area contributed by atoms with Crippen LogP contribution in [0, 0.1) is 6.92 Å². The first kappa shape index (κ1) is 37.4. The summed E-state index contributed by atoms with van der Waals surface area (Å²) in [6.45, 7) is 2.24. The fourth-order valence-corrected chi connectivity index (χ4v) is 9.73. The van der Waals surface area contributed by atoms with Crippen LogP contribution < -0.4 is 4.90 Å². The molecule has 0 amide bonds. The molecule has 10 aromatic carbocycles. The molecule has 3 nitrogen and oxygen atoms in total. The molecule has 2 heterocycles. The molecule has 0 saturated carbocycles. The predicted molar refractivity (Wildman–Crippen MR) is 269 cm³/mol. The largest absolute Gasteiger partial charge is 0.455 e. The second kappa shape index (κ2) is 15.5. The van der Waals surface area contributed by atoms with Crippen molar-refractivity contribution in [1.29, 1.82) is 0 Å². The van der Waals surface area contributed by atoms with E-state index in [1.54, 1.807) is 0 Å². The van der Waals surface area contributed by atoms with E-state index >= 15 is 0 Å². The van der Waals surface area contributed by atoms with Gasteiger partial charge in [-0.2, -0.15) is 0 Å². The lowest BCUT2D eigenvalue weighted by atomic mass is 9.94. The van der Waals surface area contributed by atoms with E-state index in [-0.39, 0.29) is 0 Å². The molecule has 12 rings (SSSR count). The van der Waals surface area contributed by atoms with E-state index in [4.69, 9.17) is 4.42 Å². The smallest absolute Gasteiger partial charge is 0.143 e. The van der Waals surface area contributed by atoms with Gasteiger partial charge in [-0.25, -0.2) is 0 Å². The third-order valence-electron chi connectivity index (χ3n) is 12.7. The molecule has 0 atom stereocenters. The summed E-state index contributed by atoms with van der Waals surface area (Å²) in [7, 11) is 0. The third kappa shape index (κ3) is 6.29. The number of hydrogen-bond donors (Lipinski definition) is 0. The van der Waals surface area contributed by atoms with Crippen molar-refractivity contribution in [3.05, 3.63) is 242 Å². The molecule has 0 bridgehead atoms. The van der Waals surface area contributed by atoms with Crippen LogP contribution in [0.2, 0.25) is 0 Å². The van der Waals surface area contributed by atoms with Gasteiger partial charge < -0.3 is 13.9 Å². The first-order valence-electron chi connectivity index (χ1n) is 21.9. The number of hydrogen-bond acceptors (Lipinski definition) is 2. The van der Waals surface area contributed by atoms with Crippen molar-refractivity contribution in [1.82, 2.24) is 4.57 Å². The van der Waals surface area contributed by atoms with Crippen LogP contribution in [-0.4, -0.2) is 4.57 Å². The van der Waals surface area contributed by atoms with Crippen molar-refractivity contribution in [3.63, 3.8) is 0 Å². The Hall–Kier alpha value is -8.40. The summed E-state index contributed by atoms with van der Waals surface area (Å²) < 4.78 is 9.37. The van der Waals surface area contributed by atoms with Crippen LogP contribution in [0.4, 0.5) is 17.1 Å². The first-order chi connectivity index (χ1) is 31.7. The molecule has 2 aromatic heterocycles. The molecule has 0 aliphatic carbocycles. The summed E-state index contributed by atoms with van der Waals surface area (Å²) in [6, 6.07) is 85.2. The number of rotatable bonds is 8. The zero-order chi connectivity index (χ0) is 42.6. The van der Waals surface area contributed by atoms with Gasteiger partial charge in [0.2, 0.25) is 0 Å². The van der Waals surface area contributed by atoms with Gasteiger partial charge in [-0.05, 0) is 101 Å². The van der Waals surface area contributed by atoms with Gasteiger partial charge >= 0.3 is 0 Å². The Bertz CT molecular complexity index is 3620. The monoisotopic (exact) mass is 818 g/mol. The third-order valence-corrected chi connectivity index (χ3v) is 12.7. The minimum absolute atomic E-state index is 0.858. The Morgan fingerprint density at radius 2 is 0.891 bits per heavy atom. The fourth-order valence-electron chi connectivity index (χ4n) is 9.73. The first-order valence-corrected chi connectivity index (χ1v) is 21.9. The van der Waals surface area contributed by atoms with Crippen LogP contribution >= 0.6 is 0 Å². The van der Waals surface area contributed by atoms with Crippen molar-refractivity contribution < 1.29 is 4.42 Å². The van der Waals surface area contributed by atoms with E-state index in [0.717, 1.165) is 89.1 Å². The van der Waals surface area contributed by atoms with Crippen LogP contribution in [0.25, 0.3) is 93.9 Å². The summed E-state index contributed by atoms with van der Waals surface area (Å²) in [5.74, 6) is 0. The maximum absolute atomic E-state index is 6.95. The molecule has 0 radical (unpaired) electrons. The normalized spacial score (nSPS) is 11.5. The summed E-state index contributed by atoms with van der Waals surface area (Å²) in [6.07, 6.45) is 0. The van der Waals surface area contributed by atoms with E-state index in [1.807, 2.05) is 0 Å². The number of para-hydroxylation sites is 4. The molecule has 0 saturated heterocycles. The minimum Gasteiger partial charge on any atom is -0.455 e. The number of nitrogens with zero attached hydrogens (tertiary/aromatic N) is 2. The zero-order valence-electron chi connectivity index (χ0n) is 35.3. The van der Waals surface area contributed by atoms with Crippen LogP contribution in [0.15, 0.2) is 241 Å². The SMILES string of the molecule is Cc1cc(-c2ccccc2)ccc1N(c1cc(-c2ccccc2-n2c3ccccc3c3ccccc32)c2oc3ccccc3c2c1)c1ccc(-c2ccccc2)cc1-c1ccccc1. The van der Waals surface area contributed by atoms with Gasteiger partial charge in [0.25, 0.3) is 0 Å². The number of fused-ring (bicyclic) bond motifs is 6. The van der Waals surface area contributed by atoms with E-state index in [9.17, 15) is 0 Å². The second-order valence-corrected chi connectivity index (χ2v) is 16.5. The molecule has 0 aliphatic rings. The maximum atomic E-state index is 6.95. The number of anilines is 3. The summed E-state index contributed by atoms with van der Waals surface area (Å²) in [5, 5.41) is 4.59. The number of aryl methyl sites for hydroxylation is 1.